The summed E-state index contributed by atoms with van der Waals surface area (Å²) in [4.78, 5) is 0.893. The molecule has 4 N–H and O–H groups in total. The SMILES string of the molecule is CCN(CCO)CCC(CSc1ccccc1)Nc1ccc(S(N)(=O)=O)cc1S(=O)(=O)C(F)(F)F. The van der Waals surface area contributed by atoms with Gasteiger partial charge in [-0.15, -0.1) is 11.8 Å². The van der Waals surface area contributed by atoms with Crippen LogP contribution in [0.5, 0.6) is 0 Å². The molecule has 196 valence electrons. The largest absolute Gasteiger partial charge is 0.501 e. The number of halogens is 3. The van der Waals surface area contributed by atoms with E-state index in [4.69, 9.17) is 5.14 Å². The van der Waals surface area contributed by atoms with Gasteiger partial charge in [-0.25, -0.2) is 22.0 Å². The molecule has 0 saturated heterocycles. The number of sulfonamides is 1. The summed E-state index contributed by atoms with van der Waals surface area (Å²) in [6, 6.07) is 11.1. The van der Waals surface area contributed by atoms with Crippen molar-refractivity contribution in [2.75, 3.05) is 37.3 Å². The minimum atomic E-state index is -5.88. The van der Waals surface area contributed by atoms with Gasteiger partial charge >= 0.3 is 5.51 Å². The van der Waals surface area contributed by atoms with Crippen molar-refractivity contribution in [3.8, 4) is 0 Å². The molecule has 0 spiro atoms. The highest BCUT2D eigenvalue weighted by Crippen LogP contribution is 2.36. The number of hydrogen-bond acceptors (Lipinski definition) is 8. The summed E-state index contributed by atoms with van der Waals surface area (Å²) in [5, 5.41) is 17.1. The number of aliphatic hydroxyl groups is 1. The number of sulfone groups is 1. The van der Waals surface area contributed by atoms with Crippen LogP contribution < -0.4 is 10.5 Å². The van der Waals surface area contributed by atoms with Crippen LogP contribution in [0.25, 0.3) is 0 Å². The van der Waals surface area contributed by atoms with Crippen LogP contribution in [-0.4, -0.2) is 70.4 Å². The smallest absolute Gasteiger partial charge is 0.395 e. The number of primary sulfonamides is 1. The summed E-state index contributed by atoms with van der Waals surface area (Å²) in [7, 11) is -10.3. The van der Waals surface area contributed by atoms with E-state index in [0.717, 1.165) is 17.0 Å². The fourth-order valence-corrected chi connectivity index (χ4v) is 5.74. The Morgan fingerprint density at radius 2 is 1.74 bits per heavy atom. The van der Waals surface area contributed by atoms with Gasteiger partial charge in [-0.1, -0.05) is 25.1 Å². The normalized spacial score (nSPS) is 13.7. The maximum absolute atomic E-state index is 13.4. The molecular weight excluding hydrogens is 527 g/mol. The Bertz CT molecular complexity index is 1180. The number of nitrogens with zero attached hydrogens (tertiary/aromatic N) is 1. The van der Waals surface area contributed by atoms with Crippen molar-refractivity contribution in [3.63, 3.8) is 0 Å². The van der Waals surface area contributed by atoms with Gasteiger partial charge in [0.05, 0.1) is 17.2 Å². The third kappa shape index (κ3) is 8.36. The standard InChI is InChI=1S/C21H28F3N3O5S3/c1-2-27(12-13-28)11-10-16(15-33-17-6-4-3-5-7-17)26-19-9-8-18(35(25,31)32)14-20(19)34(29,30)21(22,23)24/h3-9,14,16,26,28H,2,10-13,15H2,1H3,(H2,25,31,32). The summed E-state index contributed by atoms with van der Waals surface area (Å²) < 4.78 is 88.1. The Morgan fingerprint density at radius 1 is 1.09 bits per heavy atom. The van der Waals surface area contributed by atoms with Crippen LogP contribution in [-0.2, 0) is 19.9 Å². The molecular formula is C21H28F3N3O5S3. The number of benzene rings is 2. The zero-order chi connectivity index (χ0) is 26.3. The van der Waals surface area contributed by atoms with Gasteiger partial charge in [0, 0.05) is 29.8 Å². The molecule has 1 atom stereocenters. The number of alkyl halides is 3. The van der Waals surface area contributed by atoms with E-state index < -0.39 is 41.2 Å². The number of hydrogen-bond donors (Lipinski definition) is 3. The van der Waals surface area contributed by atoms with E-state index in [1.807, 2.05) is 42.2 Å². The van der Waals surface area contributed by atoms with E-state index in [9.17, 15) is 35.1 Å². The lowest BCUT2D eigenvalue weighted by molar-refractivity contribution is -0.0435. The molecule has 1 unspecified atom stereocenters. The highest BCUT2D eigenvalue weighted by molar-refractivity contribution is 7.99. The van der Waals surface area contributed by atoms with Crippen LogP contribution in [0, 0.1) is 0 Å². The minimum absolute atomic E-state index is 0.0618. The van der Waals surface area contributed by atoms with Crippen LogP contribution in [0.15, 0.2) is 63.2 Å². The van der Waals surface area contributed by atoms with Gasteiger partial charge in [-0.05, 0) is 43.3 Å². The Kier molecular flexibility index (Phi) is 10.4. The number of aliphatic hydroxyl groups excluding tert-OH is 1. The first-order valence-electron chi connectivity index (χ1n) is 10.6. The Hall–Kier alpha value is -1.84. The lowest BCUT2D eigenvalue weighted by Crippen LogP contribution is -2.34. The average Bonchev–Trinajstić information content (AvgIpc) is 2.79. The van der Waals surface area contributed by atoms with E-state index in [2.05, 4.69) is 5.32 Å². The number of thioether (sulfide) groups is 1. The van der Waals surface area contributed by atoms with Crippen LogP contribution in [0.3, 0.4) is 0 Å². The zero-order valence-electron chi connectivity index (χ0n) is 18.9. The first kappa shape index (κ1) is 29.4. The molecule has 0 aliphatic heterocycles. The molecule has 8 nitrogen and oxygen atoms in total. The summed E-state index contributed by atoms with van der Waals surface area (Å²) in [5.74, 6) is 0.378. The molecule has 0 bridgehead atoms. The maximum Gasteiger partial charge on any atom is 0.501 e. The van der Waals surface area contributed by atoms with Crippen LogP contribution >= 0.6 is 11.8 Å². The summed E-state index contributed by atoms with van der Waals surface area (Å²) in [6.45, 7) is 3.37. The molecule has 0 amide bonds. The van der Waals surface area contributed by atoms with Crippen molar-refractivity contribution >= 4 is 37.3 Å². The number of nitrogens with two attached hydrogens (primary N) is 1. The van der Waals surface area contributed by atoms with Gasteiger partial charge in [0.1, 0.15) is 4.90 Å². The molecule has 0 aromatic heterocycles. The summed E-state index contributed by atoms with van der Waals surface area (Å²) >= 11 is 1.43. The fraction of sp³-hybridized carbons (Fsp3) is 0.429. The van der Waals surface area contributed by atoms with E-state index in [1.54, 1.807) is 0 Å². The van der Waals surface area contributed by atoms with Gasteiger partial charge in [0.25, 0.3) is 9.84 Å². The topological polar surface area (TPSA) is 130 Å². The van der Waals surface area contributed by atoms with E-state index in [1.165, 1.54) is 11.8 Å². The molecule has 2 aromatic rings. The second-order valence-electron chi connectivity index (χ2n) is 7.56. The first-order chi connectivity index (χ1) is 16.3. The minimum Gasteiger partial charge on any atom is -0.395 e. The highest BCUT2D eigenvalue weighted by Gasteiger charge is 2.48. The molecule has 0 saturated carbocycles. The molecule has 0 heterocycles. The third-order valence-electron chi connectivity index (χ3n) is 5.09. The van der Waals surface area contributed by atoms with Crippen LogP contribution in [0.2, 0.25) is 0 Å². The predicted octanol–water partition coefficient (Wildman–Crippen LogP) is 2.90. The number of likely N-dealkylation sites (N-methyl/N-ethyl adjacent to an activating group) is 1. The van der Waals surface area contributed by atoms with Crippen molar-refractivity contribution in [1.82, 2.24) is 4.90 Å². The molecule has 0 aliphatic rings. The van der Waals surface area contributed by atoms with E-state index in [0.29, 0.717) is 37.9 Å². The second kappa shape index (κ2) is 12.4. The van der Waals surface area contributed by atoms with E-state index >= 15 is 0 Å². The molecule has 35 heavy (non-hydrogen) atoms. The lowest BCUT2D eigenvalue weighted by Gasteiger charge is -2.26. The molecule has 14 heteroatoms. The average molecular weight is 556 g/mol. The Morgan fingerprint density at radius 3 is 2.29 bits per heavy atom. The number of nitrogens with one attached hydrogen (secondary N) is 1. The van der Waals surface area contributed by atoms with E-state index in [-0.39, 0.29) is 12.3 Å². The Labute approximate surface area is 207 Å². The second-order valence-corrected chi connectivity index (χ2v) is 12.1. The molecule has 2 rings (SSSR count). The van der Waals surface area contributed by atoms with Crippen LogP contribution in [0.4, 0.5) is 18.9 Å². The quantitative estimate of drug-likeness (QED) is 0.322. The Balaban J connectivity index is 2.43. The number of rotatable bonds is 13. The maximum atomic E-state index is 13.4. The van der Waals surface area contributed by atoms with Crippen molar-refractivity contribution in [1.29, 1.82) is 0 Å². The van der Waals surface area contributed by atoms with Crippen molar-refractivity contribution in [3.05, 3.63) is 48.5 Å². The van der Waals surface area contributed by atoms with Crippen molar-refractivity contribution < 1.29 is 35.1 Å². The summed E-state index contributed by atoms with van der Waals surface area (Å²) in [6.07, 6.45) is 0.413. The molecule has 2 aromatic carbocycles. The van der Waals surface area contributed by atoms with Gasteiger partial charge in [-0.3, -0.25) is 0 Å². The highest BCUT2D eigenvalue weighted by atomic mass is 32.2. The molecule has 0 radical (unpaired) electrons. The van der Waals surface area contributed by atoms with Crippen LogP contribution in [0.1, 0.15) is 13.3 Å². The molecule has 0 fully saturated rings. The first-order valence-corrected chi connectivity index (χ1v) is 14.6. The van der Waals surface area contributed by atoms with Gasteiger partial charge in [0.2, 0.25) is 10.0 Å². The van der Waals surface area contributed by atoms with Gasteiger partial charge in [0.15, 0.2) is 0 Å². The fourth-order valence-electron chi connectivity index (χ4n) is 3.18. The lowest BCUT2D eigenvalue weighted by atomic mass is 10.2. The predicted molar refractivity (Wildman–Crippen MR) is 129 cm³/mol. The van der Waals surface area contributed by atoms with Gasteiger partial charge in [-0.2, -0.15) is 13.2 Å². The molecule has 0 aliphatic carbocycles. The van der Waals surface area contributed by atoms with Crippen molar-refractivity contribution in [2.24, 2.45) is 5.14 Å². The summed E-state index contributed by atoms with van der Waals surface area (Å²) in [5.41, 5.74) is -6.02. The third-order valence-corrected chi connectivity index (χ3v) is 8.70. The van der Waals surface area contributed by atoms with Crippen molar-refractivity contribution in [2.45, 2.75) is 39.6 Å². The monoisotopic (exact) mass is 555 g/mol. The zero-order valence-corrected chi connectivity index (χ0v) is 21.4. The number of anilines is 1. The van der Waals surface area contributed by atoms with Gasteiger partial charge < -0.3 is 15.3 Å².